The fraction of sp³-hybridized carbons (Fsp3) is 0.500. The van der Waals surface area contributed by atoms with Gasteiger partial charge in [-0.15, -0.1) is 0 Å². The lowest BCUT2D eigenvalue weighted by Gasteiger charge is -2.20. The lowest BCUT2D eigenvalue weighted by molar-refractivity contribution is -0.141. The van der Waals surface area contributed by atoms with Gasteiger partial charge in [-0.25, -0.2) is 9.78 Å². The van der Waals surface area contributed by atoms with Gasteiger partial charge in [-0.2, -0.15) is 0 Å². The van der Waals surface area contributed by atoms with Gasteiger partial charge in [0.15, 0.2) is 0 Å². The summed E-state index contributed by atoms with van der Waals surface area (Å²) < 4.78 is 4.77. The second kappa shape index (κ2) is 6.88. The Hall–Kier alpha value is -2.11. The van der Waals surface area contributed by atoms with Crippen LogP contribution >= 0.6 is 0 Å². The Labute approximate surface area is 118 Å². The molecule has 0 bridgehead atoms. The third-order valence-corrected chi connectivity index (χ3v) is 2.80. The van der Waals surface area contributed by atoms with Crippen LogP contribution in [0.1, 0.15) is 36.3 Å². The maximum Gasteiger partial charge on any atom is 0.328 e. The minimum atomic E-state index is -0.590. The van der Waals surface area contributed by atoms with E-state index in [0.29, 0.717) is 12.2 Å². The van der Waals surface area contributed by atoms with Gasteiger partial charge in [0.25, 0.3) is 5.91 Å². The van der Waals surface area contributed by atoms with Crippen molar-refractivity contribution in [1.82, 2.24) is 4.98 Å². The number of carbonyl (C=O) groups excluding carboxylic acids is 2. The third-order valence-electron chi connectivity index (χ3n) is 2.80. The topological polar surface area (TPSA) is 94.3 Å². The molecular formula is C14H21N3O3. The van der Waals surface area contributed by atoms with Crippen LogP contribution in [0.25, 0.3) is 0 Å². The lowest BCUT2D eigenvalue weighted by Crippen LogP contribution is -2.33. The van der Waals surface area contributed by atoms with Crippen molar-refractivity contribution in [3.05, 3.63) is 23.4 Å². The number of carbonyl (C=O) groups is 2. The molecule has 20 heavy (non-hydrogen) atoms. The number of nitrogens with zero attached hydrogens (tertiary/aromatic N) is 1. The second-order valence-corrected chi connectivity index (χ2v) is 5.06. The van der Waals surface area contributed by atoms with Crippen LogP contribution in [0.5, 0.6) is 0 Å². The van der Waals surface area contributed by atoms with Crippen LogP contribution in [-0.2, 0) is 9.53 Å². The molecule has 0 aliphatic heterocycles. The number of esters is 1. The zero-order valence-electron chi connectivity index (χ0n) is 12.3. The van der Waals surface area contributed by atoms with Crippen molar-refractivity contribution in [2.24, 2.45) is 11.7 Å². The molecule has 1 aromatic rings. The Morgan fingerprint density at radius 1 is 1.40 bits per heavy atom. The zero-order chi connectivity index (χ0) is 15.3. The highest BCUT2D eigenvalue weighted by molar-refractivity contribution is 5.98. The van der Waals surface area contributed by atoms with Crippen molar-refractivity contribution in [3.8, 4) is 0 Å². The maximum absolute atomic E-state index is 11.8. The number of anilines is 1. The number of pyridine rings is 1. The molecule has 0 saturated carbocycles. The van der Waals surface area contributed by atoms with Crippen LogP contribution in [0.15, 0.2) is 12.1 Å². The summed E-state index contributed by atoms with van der Waals surface area (Å²) >= 11 is 0. The van der Waals surface area contributed by atoms with Crippen molar-refractivity contribution < 1.29 is 14.3 Å². The van der Waals surface area contributed by atoms with Crippen LogP contribution in [0, 0.1) is 12.8 Å². The Balaban J connectivity index is 3.06. The van der Waals surface area contributed by atoms with Gasteiger partial charge in [-0.3, -0.25) is 4.79 Å². The number of amides is 1. The molecule has 1 rings (SSSR count). The predicted molar refractivity (Wildman–Crippen MR) is 76.4 cm³/mol. The van der Waals surface area contributed by atoms with E-state index in [-0.39, 0.29) is 11.5 Å². The highest BCUT2D eigenvalue weighted by atomic mass is 16.5. The van der Waals surface area contributed by atoms with E-state index in [9.17, 15) is 9.59 Å². The smallest absolute Gasteiger partial charge is 0.328 e. The number of ether oxygens (including phenoxy) is 1. The predicted octanol–water partition coefficient (Wildman–Crippen LogP) is 1.49. The summed E-state index contributed by atoms with van der Waals surface area (Å²) in [7, 11) is 1.33. The molecule has 0 radical (unpaired) electrons. The number of rotatable bonds is 6. The van der Waals surface area contributed by atoms with Crippen molar-refractivity contribution in [2.75, 3.05) is 12.4 Å². The number of nitrogens with two attached hydrogens (primary N) is 1. The number of aromatic nitrogens is 1. The molecule has 0 fully saturated rings. The first-order chi connectivity index (χ1) is 9.35. The minimum Gasteiger partial charge on any atom is -0.467 e. The van der Waals surface area contributed by atoms with Crippen molar-refractivity contribution in [3.63, 3.8) is 0 Å². The third kappa shape index (κ3) is 4.22. The van der Waals surface area contributed by atoms with Gasteiger partial charge in [0.1, 0.15) is 11.9 Å². The number of nitrogens with one attached hydrogen (secondary N) is 1. The Morgan fingerprint density at radius 2 is 2.05 bits per heavy atom. The standard InChI is InChI=1S/C14H21N3O3/c1-8(2)7-11(14(19)20-4)17-13-10(12(15)18)6-5-9(3)16-13/h5-6,8,11H,7H2,1-4H3,(H2,15,18)(H,16,17). The SMILES string of the molecule is COC(=O)C(CC(C)C)Nc1nc(C)ccc1C(N)=O. The second-order valence-electron chi connectivity index (χ2n) is 5.06. The maximum atomic E-state index is 11.8. The lowest BCUT2D eigenvalue weighted by atomic mass is 10.0. The normalized spacial score (nSPS) is 12.1. The molecule has 1 aromatic heterocycles. The van der Waals surface area contributed by atoms with Gasteiger partial charge in [-0.05, 0) is 31.4 Å². The van der Waals surface area contributed by atoms with Crippen molar-refractivity contribution >= 4 is 17.7 Å². The number of methoxy groups -OCH3 is 1. The number of aryl methyl sites for hydroxylation is 1. The molecule has 110 valence electrons. The molecule has 6 heteroatoms. The van der Waals surface area contributed by atoms with Crippen LogP contribution in [0.3, 0.4) is 0 Å². The molecule has 0 aliphatic carbocycles. The average molecular weight is 279 g/mol. The molecule has 1 unspecified atom stereocenters. The highest BCUT2D eigenvalue weighted by Crippen LogP contribution is 2.17. The van der Waals surface area contributed by atoms with E-state index in [0.717, 1.165) is 5.69 Å². The van der Waals surface area contributed by atoms with Gasteiger partial charge in [0, 0.05) is 5.69 Å². The molecule has 1 atom stereocenters. The molecule has 1 heterocycles. The Kier molecular flexibility index (Phi) is 5.49. The number of hydrogen-bond acceptors (Lipinski definition) is 5. The van der Waals surface area contributed by atoms with E-state index in [4.69, 9.17) is 10.5 Å². The number of primary amides is 1. The van der Waals surface area contributed by atoms with Crippen LogP contribution in [0.2, 0.25) is 0 Å². The first-order valence-electron chi connectivity index (χ1n) is 6.47. The summed E-state index contributed by atoms with van der Waals surface area (Å²) in [6, 6.07) is 2.73. The van der Waals surface area contributed by atoms with E-state index in [1.54, 1.807) is 19.1 Å². The summed E-state index contributed by atoms with van der Waals surface area (Å²) in [6.45, 7) is 5.79. The van der Waals surface area contributed by atoms with Gasteiger partial charge in [0.2, 0.25) is 0 Å². The van der Waals surface area contributed by atoms with Crippen LogP contribution in [0.4, 0.5) is 5.82 Å². The molecule has 6 nitrogen and oxygen atoms in total. The van der Waals surface area contributed by atoms with Gasteiger partial charge >= 0.3 is 5.97 Å². The summed E-state index contributed by atoms with van der Waals surface area (Å²) in [4.78, 5) is 27.4. The monoisotopic (exact) mass is 279 g/mol. The molecule has 0 aliphatic rings. The summed E-state index contributed by atoms with van der Waals surface area (Å²) in [5, 5.41) is 2.97. The zero-order valence-corrected chi connectivity index (χ0v) is 12.3. The van der Waals surface area contributed by atoms with E-state index < -0.39 is 17.9 Å². The molecule has 3 N–H and O–H groups in total. The largest absolute Gasteiger partial charge is 0.467 e. The highest BCUT2D eigenvalue weighted by Gasteiger charge is 2.23. The van der Waals surface area contributed by atoms with Gasteiger partial charge in [-0.1, -0.05) is 13.8 Å². The minimum absolute atomic E-state index is 0.258. The molecule has 0 saturated heterocycles. The molecule has 1 amide bonds. The van der Waals surface area contributed by atoms with Crippen molar-refractivity contribution in [2.45, 2.75) is 33.2 Å². The fourth-order valence-electron chi connectivity index (χ4n) is 1.86. The Bertz CT molecular complexity index is 500. The van der Waals surface area contributed by atoms with E-state index in [1.165, 1.54) is 7.11 Å². The van der Waals surface area contributed by atoms with Crippen LogP contribution in [-0.4, -0.2) is 30.0 Å². The molecule has 0 spiro atoms. The summed E-state index contributed by atoms with van der Waals surface area (Å²) in [6.07, 6.45) is 0.570. The van der Waals surface area contributed by atoms with E-state index in [1.807, 2.05) is 13.8 Å². The first-order valence-corrected chi connectivity index (χ1v) is 6.47. The first kappa shape index (κ1) is 15.9. The average Bonchev–Trinajstić information content (AvgIpc) is 2.36. The Morgan fingerprint density at radius 3 is 2.55 bits per heavy atom. The number of hydrogen-bond donors (Lipinski definition) is 2. The fourth-order valence-corrected chi connectivity index (χ4v) is 1.86. The van der Waals surface area contributed by atoms with E-state index in [2.05, 4.69) is 10.3 Å². The van der Waals surface area contributed by atoms with Gasteiger partial charge < -0.3 is 15.8 Å². The van der Waals surface area contributed by atoms with Crippen LogP contribution < -0.4 is 11.1 Å². The van der Waals surface area contributed by atoms with Gasteiger partial charge in [0.05, 0.1) is 12.7 Å². The molecule has 0 aromatic carbocycles. The quantitative estimate of drug-likeness (QED) is 0.769. The summed E-state index contributed by atoms with van der Waals surface area (Å²) in [5.74, 6) is -0.382. The molecular weight excluding hydrogens is 258 g/mol. The summed E-state index contributed by atoms with van der Waals surface area (Å²) in [5.41, 5.74) is 6.30. The van der Waals surface area contributed by atoms with E-state index >= 15 is 0 Å². The van der Waals surface area contributed by atoms with Crippen molar-refractivity contribution in [1.29, 1.82) is 0 Å².